The van der Waals surface area contributed by atoms with Crippen LogP contribution in [0.4, 0.5) is 13.2 Å². The first kappa shape index (κ1) is 23.7. The molecule has 0 unspecified atom stereocenters. The molecule has 4 nitrogen and oxygen atoms in total. The number of ether oxygens (including phenoxy) is 1. The summed E-state index contributed by atoms with van der Waals surface area (Å²) in [4.78, 5) is 14.6. The summed E-state index contributed by atoms with van der Waals surface area (Å²) in [5.41, 5.74) is 0.733. The van der Waals surface area contributed by atoms with E-state index in [9.17, 15) is 23.1 Å². The van der Waals surface area contributed by atoms with Gasteiger partial charge in [0, 0.05) is 18.5 Å². The average Bonchev–Trinajstić information content (AvgIpc) is 3.06. The molecule has 186 valence electrons. The molecule has 1 aliphatic heterocycles. The van der Waals surface area contributed by atoms with Crippen LogP contribution in [0, 0.1) is 34.5 Å². The van der Waals surface area contributed by atoms with E-state index in [0.29, 0.717) is 24.2 Å². The largest absolute Gasteiger partial charge is 0.573 e. The Morgan fingerprint density at radius 1 is 1.12 bits per heavy atom. The molecule has 0 radical (unpaired) electrons. The zero-order chi connectivity index (χ0) is 24.5. The molecule has 0 spiro atoms. The third kappa shape index (κ3) is 3.75. The van der Waals surface area contributed by atoms with E-state index in [1.807, 2.05) is 11.9 Å². The van der Waals surface area contributed by atoms with E-state index in [1.165, 1.54) is 12.1 Å². The van der Waals surface area contributed by atoms with Crippen molar-refractivity contribution in [2.24, 2.45) is 34.5 Å². The first-order valence-corrected chi connectivity index (χ1v) is 12.4. The molecule has 1 aromatic rings. The van der Waals surface area contributed by atoms with Crippen molar-refractivity contribution in [3.8, 4) is 5.75 Å². The summed E-state index contributed by atoms with van der Waals surface area (Å²) in [6, 6.07) is 6.18. The molecular weight excluding hydrogens is 443 g/mol. The smallest absolute Gasteiger partial charge is 0.406 e. The number of likely N-dealkylation sites (N-methyl/N-ethyl adjacent to an activating group) is 1. The van der Waals surface area contributed by atoms with Crippen molar-refractivity contribution < 1.29 is 27.8 Å². The Morgan fingerprint density at radius 2 is 1.82 bits per heavy atom. The van der Waals surface area contributed by atoms with Crippen LogP contribution in [0.1, 0.15) is 51.5 Å². The Balaban J connectivity index is 1.46. The van der Waals surface area contributed by atoms with Gasteiger partial charge in [-0.1, -0.05) is 32.1 Å². The molecule has 1 N–H and O–H groups in total. The van der Waals surface area contributed by atoms with E-state index in [1.54, 1.807) is 18.2 Å². The highest BCUT2D eigenvalue weighted by atomic mass is 19.4. The van der Waals surface area contributed by atoms with Crippen molar-refractivity contribution in [1.82, 2.24) is 4.90 Å². The fourth-order valence-electron chi connectivity index (χ4n) is 8.35. The second-order valence-corrected chi connectivity index (χ2v) is 11.5. The SMILES string of the molecule is CN1C(=O)C=C[C@]2(C)[C@H]3CC[C@]4(C)[C@@H](O)CC[C@H]4[C@@H]3C[C@H](Cc3ccc(OC(F)(F)F)cc3)[C@@H]12. The van der Waals surface area contributed by atoms with E-state index < -0.39 is 6.36 Å². The maximum Gasteiger partial charge on any atom is 0.573 e. The van der Waals surface area contributed by atoms with E-state index in [0.717, 1.165) is 37.7 Å². The van der Waals surface area contributed by atoms with Gasteiger partial charge in [-0.15, -0.1) is 13.2 Å². The van der Waals surface area contributed by atoms with Gasteiger partial charge in [-0.2, -0.15) is 0 Å². The summed E-state index contributed by atoms with van der Waals surface area (Å²) in [5, 5.41) is 10.8. The number of carbonyl (C=O) groups is 1. The highest BCUT2D eigenvalue weighted by molar-refractivity contribution is 5.89. The molecule has 3 aliphatic carbocycles. The van der Waals surface area contributed by atoms with Crippen molar-refractivity contribution in [3.63, 3.8) is 0 Å². The van der Waals surface area contributed by atoms with E-state index in [2.05, 4.69) is 24.7 Å². The van der Waals surface area contributed by atoms with Crippen molar-refractivity contribution in [2.75, 3.05) is 7.05 Å². The monoisotopic (exact) mass is 477 g/mol. The van der Waals surface area contributed by atoms with Gasteiger partial charge in [0.25, 0.3) is 0 Å². The molecule has 3 fully saturated rings. The topological polar surface area (TPSA) is 49.8 Å². The van der Waals surface area contributed by atoms with Gasteiger partial charge in [0.2, 0.25) is 5.91 Å². The fourth-order valence-corrected chi connectivity index (χ4v) is 8.35. The van der Waals surface area contributed by atoms with Crippen LogP contribution in [0.3, 0.4) is 0 Å². The van der Waals surface area contributed by atoms with E-state index in [-0.39, 0.29) is 40.6 Å². The molecule has 0 aromatic heterocycles. The number of hydrogen-bond acceptors (Lipinski definition) is 3. The van der Waals surface area contributed by atoms with Crippen LogP contribution < -0.4 is 4.74 Å². The minimum Gasteiger partial charge on any atom is -0.406 e. The Bertz CT molecular complexity index is 976. The van der Waals surface area contributed by atoms with Crippen molar-refractivity contribution in [1.29, 1.82) is 0 Å². The lowest BCUT2D eigenvalue weighted by molar-refractivity contribution is -0.274. The molecule has 3 saturated carbocycles. The number of fused-ring (bicyclic) bond motifs is 5. The van der Waals surface area contributed by atoms with Crippen LogP contribution in [0.15, 0.2) is 36.4 Å². The molecule has 7 heteroatoms. The zero-order valence-corrected chi connectivity index (χ0v) is 20.0. The number of alkyl halides is 3. The van der Waals surface area contributed by atoms with Gasteiger partial charge < -0.3 is 14.7 Å². The van der Waals surface area contributed by atoms with Crippen LogP contribution in [0.5, 0.6) is 5.75 Å². The predicted molar refractivity (Wildman–Crippen MR) is 122 cm³/mol. The lowest BCUT2D eigenvalue weighted by Gasteiger charge is -2.62. The van der Waals surface area contributed by atoms with Crippen LogP contribution in [0.2, 0.25) is 0 Å². The lowest BCUT2D eigenvalue weighted by atomic mass is 9.46. The zero-order valence-electron chi connectivity index (χ0n) is 20.0. The second-order valence-electron chi connectivity index (χ2n) is 11.5. The number of hydrogen-bond donors (Lipinski definition) is 1. The third-order valence-corrected chi connectivity index (χ3v) is 9.85. The lowest BCUT2D eigenvalue weighted by Crippen LogP contribution is -2.63. The molecule has 34 heavy (non-hydrogen) atoms. The van der Waals surface area contributed by atoms with E-state index in [4.69, 9.17) is 0 Å². The van der Waals surface area contributed by atoms with Crippen molar-refractivity contribution >= 4 is 5.91 Å². The maximum atomic E-state index is 12.7. The van der Waals surface area contributed by atoms with Crippen LogP contribution in [-0.2, 0) is 11.2 Å². The van der Waals surface area contributed by atoms with Gasteiger partial charge in [-0.25, -0.2) is 0 Å². The summed E-state index contributed by atoms with van der Waals surface area (Å²) < 4.78 is 41.7. The first-order valence-electron chi connectivity index (χ1n) is 12.4. The third-order valence-electron chi connectivity index (χ3n) is 9.85. The Labute approximate surface area is 199 Å². The Kier molecular flexibility index (Phi) is 5.58. The highest BCUT2D eigenvalue weighted by Gasteiger charge is 2.62. The second kappa shape index (κ2) is 8.00. The number of benzene rings is 1. The molecule has 1 heterocycles. The minimum atomic E-state index is -4.71. The molecule has 1 amide bonds. The van der Waals surface area contributed by atoms with E-state index >= 15 is 0 Å². The summed E-state index contributed by atoms with van der Waals surface area (Å²) in [7, 11) is 1.88. The first-order chi connectivity index (χ1) is 15.9. The average molecular weight is 478 g/mol. The summed E-state index contributed by atoms with van der Waals surface area (Å²) in [6.45, 7) is 4.54. The number of nitrogens with zero attached hydrogens (tertiary/aromatic N) is 1. The molecule has 4 aliphatic rings. The van der Waals surface area contributed by atoms with Gasteiger partial charge in [0.15, 0.2) is 0 Å². The maximum absolute atomic E-state index is 12.7. The van der Waals surface area contributed by atoms with Crippen molar-refractivity contribution in [3.05, 3.63) is 42.0 Å². The molecule has 5 rings (SSSR count). The summed E-state index contributed by atoms with van der Waals surface area (Å²) >= 11 is 0. The quantitative estimate of drug-likeness (QED) is 0.638. The molecule has 0 bridgehead atoms. The van der Waals surface area contributed by atoms with Gasteiger partial charge in [-0.05, 0) is 91.4 Å². The summed E-state index contributed by atoms with van der Waals surface area (Å²) in [6.07, 6.45) is 4.49. The minimum absolute atomic E-state index is 0.0109. The fraction of sp³-hybridized carbons (Fsp3) is 0.667. The number of halogens is 3. The van der Waals surface area contributed by atoms with Gasteiger partial charge in [-0.3, -0.25) is 4.79 Å². The van der Waals surface area contributed by atoms with Crippen LogP contribution in [-0.4, -0.2) is 41.5 Å². The molecule has 8 atom stereocenters. The Morgan fingerprint density at radius 3 is 2.50 bits per heavy atom. The molecule has 1 aromatic carbocycles. The number of amides is 1. The van der Waals surface area contributed by atoms with Gasteiger partial charge in [0.05, 0.1) is 6.10 Å². The molecular formula is C27H34F3NO3. The molecule has 0 saturated heterocycles. The number of aliphatic hydroxyl groups excluding tert-OH is 1. The van der Waals surface area contributed by atoms with Crippen molar-refractivity contribution in [2.45, 2.75) is 70.9 Å². The number of rotatable bonds is 3. The highest BCUT2D eigenvalue weighted by Crippen LogP contribution is 2.65. The van der Waals surface area contributed by atoms with Crippen LogP contribution in [0.25, 0.3) is 0 Å². The number of carbonyl (C=O) groups excluding carboxylic acids is 1. The van der Waals surface area contributed by atoms with Crippen LogP contribution >= 0.6 is 0 Å². The standard InChI is InChI=1S/C27H34F3NO3/c1-25-12-10-21-19(20(25)8-9-22(25)32)15-17(24-26(21,2)13-11-23(33)31(24)3)14-16-4-6-18(7-5-16)34-27(28,29)30/h4-7,11,13,17,19-22,24,32H,8-10,12,14-15H2,1-3H3/t17-,19-,20-,21-,22-,24+,25-,26+/m0/s1. The predicted octanol–water partition coefficient (Wildman–Crippen LogP) is 5.35. The number of aliphatic hydroxyl groups is 1. The summed E-state index contributed by atoms with van der Waals surface area (Å²) in [5.74, 6) is 1.34. The normalized spacial score (nSPS) is 41.6. The van der Waals surface area contributed by atoms with Gasteiger partial charge in [0.1, 0.15) is 5.75 Å². The van der Waals surface area contributed by atoms with Gasteiger partial charge >= 0.3 is 6.36 Å². The Hall–Kier alpha value is -2.02.